The van der Waals surface area contributed by atoms with Gasteiger partial charge in [-0.3, -0.25) is 14.9 Å². The van der Waals surface area contributed by atoms with Crippen LogP contribution < -0.4 is 10.1 Å². The molecule has 0 saturated heterocycles. The first-order valence-corrected chi connectivity index (χ1v) is 11.4. The van der Waals surface area contributed by atoms with Gasteiger partial charge >= 0.3 is 12.1 Å². The van der Waals surface area contributed by atoms with Crippen LogP contribution in [0.5, 0.6) is 5.75 Å². The normalized spacial score (nSPS) is 12.3. The third-order valence-electron chi connectivity index (χ3n) is 4.57. The molecule has 0 radical (unpaired) electrons. The van der Waals surface area contributed by atoms with Gasteiger partial charge in [0, 0.05) is 24.2 Å². The molecule has 0 unspecified atom stereocenters. The molecule has 9 nitrogen and oxygen atoms in total. The fraction of sp³-hybridized carbons (Fsp3) is 0.375. The van der Waals surface area contributed by atoms with E-state index in [0.29, 0.717) is 16.9 Å². The molecule has 0 aliphatic heterocycles. The van der Waals surface area contributed by atoms with Gasteiger partial charge in [0.2, 0.25) is 0 Å². The van der Waals surface area contributed by atoms with E-state index in [1.165, 1.54) is 0 Å². The second-order valence-corrected chi connectivity index (χ2v) is 7.23. The maximum atomic E-state index is 12.7. The standard InChI is InChI=1S/C24H29NO8S/c1-2-30-20(12-14-32-21(27)16-34)22(18-10-6-7-11-19(18)31-15-13-26)33-24(29)25-23(28)17-8-4-3-5-9-17/h3-11,20,22,26,34H,2,12-16H2,1H3,(H,25,28,29)/t20-,22-/m0/s1. The number of hydrogen-bond acceptors (Lipinski definition) is 9. The molecule has 2 aromatic carbocycles. The first-order chi connectivity index (χ1) is 16.5. The molecule has 0 spiro atoms. The largest absolute Gasteiger partial charge is 0.491 e. The van der Waals surface area contributed by atoms with Gasteiger partial charge in [0.1, 0.15) is 18.5 Å². The average Bonchev–Trinajstić information content (AvgIpc) is 2.86. The number of imide groups is 1. The molecule has 2 amide bonds. The number of nitrogens with one attached hydrogen (secondary N) is 1. The van der Waals surface area contributed by atoms with Gasteiger partial charge < -0.3 is 24.1 Å². The van der Waals surface area contributed by atoms with E-state index in [1.807, 2.05) is 0 Å². The van der Waals surface area contributed by atoms with Crippen LogP contribution >= 0.6 is 12.6 Å². The van der Waals surface area contributed by atoms with Gasteiger partial charge in [-0.25, -0.2) is 4.79 Å². The molecular formula is C24H29NO8S. The SMILES string of the molecule is CCO[C@@H](CCOC(=O)CS)[C@@H](OC(=O)NC(=O)c1ccccc1)c1ccccc1OCCO. The van der Waals surface area contributed by atoms with Gasteiger partial charge in [0.05, 0.1) is 19.0 Å². The molecule has 0 aliphatic carbocycles. The summed E-state index contributed by atoms with van der Waals surface area (Å²) >= 11 is 3.88. The fourth-order valence-electron chi connectivity index (χ4n) is 3.11. The van der Waals surface area contributed by atoms with E-state index in [-0.39, 0.29) is 38.6 Å². The van der Waals surface area contributed by atoms with Crippen LogP contribution in [0.1, 0.15) is 35.4 Å². The molecule has 0 heterocycles. The lowest BCUT2D eigenvalue weighted by atomic mass is 10.0. The maximum Gasteiger partial charge on any atom is 0.414 e. The summed E-state index contributed by atoms with van der Waals surface area (Å²) in [5.41, 5.74) is 0.764. The highest BCUT2D eigenvalue weighted by Gasteiger charge is 2.31. The zero-order valence-corrected chi connectivity index (χ0v) is 19.7. The number of ether oxygens (including phenoxy) is 4. The number of hydrogen-bond donors (Lipinski definition) is 3. The second-order valence-electron chi connectivity index (χ2n) is 6.92. The molecule has 2 atom stereocenters. The highest BCUT2D eigenvalue weighted by Crippen LogP contribution is 2.33. The molecule has 0 aromatic heterocycles. The first-order valence-electron chi connectivity index (χ1n) is 10.8. The number of carbonyl (C=O) groups excluding carboxylic acids is 3. The summed E-state index contributed by atoms with van der Waals surface area (Å²) in [5.74, 6) is -0.805. The van der Waals surface area contributed by atoms with Crippen molar-refractivity contribution in [1.29, 1.82) is 0 Å². The van der Waals surface area contributed by atoms with E-state index >= 15 is 0 Å². The molecule has 184 valence electrons. The number of alkyl carbamates (subject to hydrolysis) is 1. The molecule has 2 rings (SSSR count). The van der Waals surface area contributed by atoms with Crippen molar-refractivity contribution in [3.63, 3.8) is 0 Å². The summed E-state index contributed by atoms with van der Waals surface area (Å²) in [7, 11) is 0. The van der Waals surface area contributed by atoms with Crippen molar-refractivity contribution in [1.82, 2.24) is 5.32 Å². The quantitative estimate of drug-likeness (QED) is 0.289. The van der Waals surface area contributed by atoms with Gasteiger partial charge in [0.25, 0.3) is 5.91 Å². The molecule has 0 bridgehead atoms. The Labute approximate surface area is 203 Å². The molecule has 2 N–H and O–H groups in total. The van der Waals surface area contributed by atoms with Gasteiger partial charge in [-0.05, 0) is 25.1 Å². The Bertz CT molecular complexity index is 924. The smallest absolute Gasteiger partial charge is 0.414 e. The van der Waals surface area contributed by atoms with Crippen LogP contribution in [0.4, 0.5) is 4.79 Å². The van der Waals surface area contributed by atoms with E-state index in [4.69, 9.17) is 24.1 Å². The van der Waals surface area contributed by atoms with E-state index < -0.39 is 30.2 Å². The van der Waals surface area contributed by atoms with Crippen molar-refractivity contribution in [3.05, 3.63) is 65.7 Å². The lowest BCUT2D eigenvalue weighted by Crippen LogP contribution is -2.36. The Kier molecular flexibility index (Phi) is 11.9. The number of aliphatic hydroxyl groups is 1. The van der Waals surface area contributed by atoms with Crippen molar-refractivity contribution in [2.75, 3.05) is 32.2 Å². The fourth-order valence-corrected chi connectivity index (χ4v) is 3.20. The van der Waals surface area contributed by atoms with Crippen LogP contribution in [0, 0.1) is 0 Å². The predicted molar refractivity (Wildman–Crippen MR) is 127 cm³/mol. The first kappa shape index (κ1) is 27.2. The molecule has 0 saturated carbocycles. The number of esters is 1. The highest BCUT2D eigenvalue weighted by atomic mass is 32.1. The predicted octanol–water partition coefficient (Wildman–Crippen LogP) is 2.93. The Morgan fingerprint density at radius 2 is 1.74 bits per heavy atom. The Morgan fingerprint density at radius 1 is 1.03 bits per heavy atom. The Hall–Kier alpha value is -3.08. The minimum Gasteiger partial charge on any atom is -0.491 e. The number of benzene rings is 2. The molecule has 0 aliphatic rings. The van der Waals surface area contributed by atoms with Crippen LogP contribution in [0.15, 0.2) is 54.6 Å². The monoisotopic (exact) mass is 491 g/mol. The summed E-state index contributed by atoms with van der Waals surface area (Å²) < 4.78 is 22.2. The molecule has 10 heteroatoms. The molecular weight excluding hydrogens is 462 g/mol. The zero-order chi connectivity index (χ0) is 24.8. The number of thiol groups is 1. The minimum absolute atomic E-state index is 0.00808. The molecule has 34 heavy (non-hydrogen) atoms. The van der Waals surface area contributed by atoms with Crippen molar-refractivity contribution in [2.45, 2.75) is 25.6 Å². The number of carbonyl (C=O) groups is 3. The van der Waals surface area contributed by atoms with Crippen LogP contribution in [-0.4, -0.2) is 61.4 Å². The van der Waals surface area contributed by atoms with Crippen molar-refractivity contribution in [3.8, 4) is 5.75 Å². The van der Waals surface area contributed by atoms with Crippen molar-refractivity contribution < 1.29 is 38.4 Å². The lowest BCUT2D eigenvalue weighted by molar-refractivity contribution is -0.142. The van der Waals surface area contributed by atoms with Gasteiger partial charge in [-0.2, -0.15) is 12.6 Å². The van der Waals surface area contributed by atoms with Gasteiger partial charge in [0.15, 0.2) is 6.10 Å². The summed E-state index contributed by atoms with van der Waals surface area (Å²) in [5, 5.41) is 11.4. The number of amides is 2. The second kappa shape index (κ2) is 14.9. The van der Waals surface area contributed by atoms with Crippen LogP contribution in [0.25, 0.3) is 0 Å². The lowest BCUT2D eigenvalue weighted by Gasteiger charge is -2.28. The number of rotatable bonds is 13. The van der Waals surface area contributed by atoms with Crippen molar-refractivity contribution >= 4 is 30.6 Å². The van der Waals surface area contributed by atoms with Crippen LogP contribution in [0.2, 0.25) is 0 Å². The minimum atomic E-state index is -1.01. The zero-order valence-electron chi connectivity index (χ0n) is 18.8. The van der Waals surface area contributed by atoms with E-state index in [9.17, 15) is 14.4 Å². The van der Waals surface area contributed by atoms with E-state index in [0.717, 1.165) is 0 Å². The van der Waals surface area contributed by atoms with Crippen LogP contribution in [0.3, 0.4) is 0 Å². The number of para-hydroxylation sites is 1. The summed E-state index contributed by atoms with van der Waals surface area (Å²) in [6, 6.07) is 15.1. The van der Waals surface area contributed by atoms with E-state index in [2.05, 4.69) is 17.9 Å². The summed E-state index contributed by atoms with van der Waals surface area (Å²) in [4.78, 5) is 36.6. The molecule has 0 fully saturated rings. The van der Waals surface area contributed by atoms with E-state index in [1.54, 1.807) is 61.5 Å². The van der Waals surface area contributed by atoms with Crippen molar-refractivity contribution in [2.24, 2.45) is 0 Å². The average molecular weight is 492 g/mol. The summed E-state index contributed by atoms with van der Waals surface area (Å²) in [6.07, 6.45) is -2.51. The third-order valence-corrected chi connectivity index (χ3v) is 4.83. The number of aliphatic hydroxyl groups excluding tert-OH is 1. The Morgan fingerprint density at radius 3 is 2.41 bits per heavy atom. The van der Waals surface area contributed by atoms with Crippen LogP contribution in [-0.2, 0) is 19.0 Å². The molecule has 2 aromatic rings. The highest BCUT2D eigenvalue weighted by molar-refractivity contribution is 7.81. The maximum absolute atomic E-state index is 12.7. The summed E-state index contributed by atoms with van der Waals surface area (Å²) in [6.45, 7) is 1.89. The Balaban J connectivity index is 2.27. The van der Waals surface area contributed by atoms with Gasteiger partial charge in [-0.15, -0.1) is 0 Å². The third kappa shape index (κ3) is 8.69. The topological polar surface area (TPSA) is 120 Å². The van der Waals surface area contributed by atoms with Gasteiger partial charge in [-0.1, -0.05) is 36.4 Å².